The van der Waals surface area contributed by atoms with Gasteiger partial charge in [-0.2, -0.15) is 0 Å². The number of hydrogen-bond donors (Lipinski definition) is 2. The van der Waals surface area contributed by atoms with Crippen molar-refractivity contribution in [2.75, 3.05) is 54.5 Å². The van der Waals surface area contributed by atoms with Gasteiger partial charge < -0.3 is 29.6 Å². The Morgan fingerprint density at radius 1 is 0.875 bits per heavy atom. The van der Waals surface area contributed by atoms with Gasteiger partial charge >= 0.3 is 0 Å². The predicted molar refractivity (Wildman–Crippen MR) is 158 cm³/mol. The van der Waals surface area contributed by atoms with Gasteiger partial charge in [-0.3, -0.25) is 9.78 Å². The number of ether oxygens (including phenoxy) is 2. The summed E-state index contributed by atoms with van der Waals surface area (Å²) in [5.74, 6) is 1.68. The normalized spacial score (nSPS) is 17.1. The third kappa shape index (κ3) is 5.02. The first-order valence-corrected chi connectivity index (χ1v) is 14.1. The topological polar surface area (TPSA) is 82.7 Å². The zero-order valence-electron chi connectivity index (χ0n) is 22.4. The molecule has 3 aliphatic rings. The van der Waals surface area contributed by atoms with Crippen LogP contribution in [0, 0.1) is 0 Å². The lowest BCUT2D eigenvalue weighted by Crippen LogP contribution is -2.39. The van der Waals surface area contributed by atoms with Crippen LogP contribution in [-0.2, 0) is 11.2 Å². The van der Waals surface area contributed by atoms with Crippen molar-refractivity contribution < 1.29 is 9.47 Å². The van der Waals surface area contributed by atoms with E-state index < -0.39 is 0 Å². The van der Waals surface area contributed by atoms with Crippen molar-refractivity contribution in [1.29, 1.82) is 0 Å². The molecule has 7 rings (SSSR count). The number of anilines is 3. The number of piperidine rings is 1. The number of nitrogens with one attached hydrogen (secondary N) is 2. The fraction of sp³-hybridized carbons (Fsp3) is 0.312. The first kappa shape index (κ1) is 24.7. The second-order valence-electron chi connectivity index (χ2n) is 10.7. The summed E-state index contributed by atoms with van der Waals surface area (Å²) in [6, 6.07) is 20.8. The number of benzene rings is 2. The van der Waals surface area contributed by atoms with Crippen LogP contribution in [0.25, 0.3) is 11.3 Å². The van der Waals surface area contributed by atoms with Gasteiger partial charge in [0, 0.05) is 73.4 Å². The lowest BCUT2D eigenvalue weighted by atomic mass is 9.95. The average Bonchev–Trinajstić information content (AvgIpc) is 3.01. The van der Waals surface area contributed by atoms with Gasteiger partial charge in [-0.1, -0.05) is 12.1 Å². The van der Waals surface area contributed by atoms with Gasteiger partial charge in [-0.15, -0.1) is 0 Å². The summed E-state index contributed by atoms with van der Waals surface area (Å²) in [5.41, 5.74) is 7.07. The number of rotatable bonds is 5. The number of aromatic amines is 1. The van der Waals surface area contributed by atoms with Crippen molar-refractivity contribution in [2.24, 2.45) is 0 Å². The maximum atomic E-state index is 12.6. The SMILES string of the molecule is O=c1cc(N2CCOCC2)cc(-c2cccc3c2Oc2ccc(NC4CCN(c5cccnc5)CC4)cc2C3)[nH]1. The number of morpholine rings is 1. The number of fused-ring (bicyclic) bond motifs is 2. The average molecular weight is 536 g/mol. The van der Waals surface area contributed by atoms with E-state index in [0.717, 1.165) is 90.7 Å². The van der Waals surface area contributed by atoms with E-state index in [1.54, 1.807) is 6.07 Å². The van der Waals surface area contributed by atoms with E-state index in [9.17, 15) is 4.79 Å². The highest BCUT2D eigenvalue weighted by molar-refractivity contribution is 5.74. The summed E-state index contributed by atoms with van der Waals surface area (Å²) in [7, 11) is 0. The van der Waals surface area contributed by atoms with Crippen LogP contribution >= 0.6 is 0 Å². The van der Waals surface area contributed by atoms with Gasteiger partial charge in [-0.05, 0) is 60.9 Å². The summed E-state index contributed by atoms with van der Waals surface area (Å²) in [6.45, 7) is 4.93. The summed E-state index contributed by atoms with van der Waals surface area (Å²) >= 11 is 0. The molecular formula is C32H33N5O3. The van der Waals surface area contributed by atoms with Crippen molar-refractivity contribution in [3.63, 3.8) is 0 Å². The zero-order chi connectivity index (χ0) is 26.9. The number of nitrogens with zero attached hydrogens (tertiary/aromatic N) is 3. The summed E-state index contributed by atoms with van der Waals surface area (Å²) in [6.07, 6.45) is 6.70. The van der Waals surface area contributed by atoms with Crippen molar-refractivity contribution >= 4 is 17.1 Å². The second-order valence-corrected chi connectivity index (χ2v) is 10.7. The molecule has 2 saturated heterocycles. The molecular weight excluding hydrogens is 502 g/mol. The Hall–Kier alpha value is -4.30. The van der Waals surface area contributed by atoms with Crippen LogP contribution in [0.15, 0.2) is 77.9 Å². The largest absolute Gasteiger partial charge is 0.456 e. The highest BCUT2D eigenvalue weighted by Crippen LogP contribution is 2.43. The first-order valence-electron chi connectivity index (χ1n) is 14.1. The van der Waals surface area contributed by atoms with E-state index in [1.807, 2.05) is 36.7 Å². The van der Waals surface area contributed by atoms with Gasteiger partial charge in [0.1, 0.15) is 11.5 Å². The zero-order valence-corrected chi connectivity index (χ0v) is 22.4. The minimum absolute atomic E-state index is 0.116. The minimum atomic E-state index is -0.116. The number of hydrogen-bond acceptors (Lipinski definition) is 7. The van der Waals surface area contributed by atoms with Crippen molar-refractivity contribution in [2.45, 2.75) is 25.3 Å². The summed E-state index contributed by atoms with van der Waals surface area (Å²) < 4.78 is 12.0. The molecule has 0 spiro atoms. The van der Waals surface area contributed by atoms with Crippen LogP contribution in [0.1, 0.15) is 24.0 Å². The second kappa shape index (κ2) is 10.7. The third-order valence-corrected chi connectivity index (χ3v) is 8.12. The molecule has 0 radical (unpaired) electrons. The van der Waals surface area contributed by atoms with E-state index in [0.29, 0.717) is 19.3 Å². The molecule has 4 aromatic rings. The Kier molecular flexibility index (Phi) is 6.61. The molecule has 0 amide bonds. The number of H-pyrrole nitrogens is 1. The lowest BCUT2D eigenvalue weighted by molar-refractivity contribution is 0.122. The molecule has 8 nitrogen and oxygen atoms in total. The van der Waals surface area contributed by atoms with Crippen LogP contribution in [0.3, 0.4) is 0 Å². The van der Waals surface area contributed by atoms with Gasteiger partial charge in [0.25, 0.3) is 0 Å². The van der Waals surface area contributed by atoms with Crippen LogP contribution in [0.4, 0.5) is 17.1 Å². The number of para-hydroxylation sites is 1. The Balaban J connectivity index is 1.08. The molecule has 0 atom stereocenters. The highest BCUT2D eigenvalue weighted by Gasteiger charge is 2.24. The van der Waals surface area contributed by atoms with Gasteiger partial charge in [0.2, 0.25) is 5.56 Å². The number of aromatic nitrogens is 2. The standard InChI is InChI=1S/C32H33N5O3/c38-31-20-27(37-13-15-39-16-14-37)19-29(35-31)28-5-1-3-22-17-23-18-25(6-7-30(23)40-32(22)28)34-24-8-11-36(12-9-24)26-4-2-10-33-21-26/h1-7,10,18-21,24,34H,8-9,11-17H2,(H,35,38). The summed E-state index contributed by atoms with van der Waals surface area (Å²) in [4.78, 5) is 24.5. The lowest BCUT2D eigenvalue weighted by Gasteiger charge is -2.34. The Morgan fingerprint density at radius 2 is 1.73 bits per heavy atom. The Labute approximate surface area is 233 Å². The van der Waals surface area contributed by atoms with Crippen molar-refractivity contribution in [3.8, 4) is 22.8 Å². The molecule has 2 fully saturated rings. The first-order chi connectivity index (χ1) is 19.7. The third-order valence-electron chi connectivity index (χ3n) is 8.12. The highest BCUT2D eigenvalue weighted by atomic mass is 16.5. The van der Waals surface area contributed by atoms with Crippen molar-refractivity contribution in [1.82, 2.24) is 9.97 Å². The van der Waals surface area contributed by atoms with Gasteiger partial charge in [0.05, 0.1) is 30.8 Å². The fourth-order valence-corrected chi connectivity index (χ4v) is 6.02. The number of pyridine rings is 2. The maximum Gasteiger partial charge on any atom is 0.250 e. The molecule has 5 heterocycles. The van der Waals surface area contributed by atoms with Crippen LogP contribution in [-0.4, -0.2) is 55.4 Å². The molecule has 0 saturated carbocycles. The van der Waals surface area contributed by atoms with Gasteiger partial charge in [0.15, 0.2) is 0 Å². The minimum Gasteiger partial charge on any atom is -0.456 e. The Bertz CT molecular complexity index is 1560. The molecule has 2 N–H and O–H groups in total. The quantitative estimate of drug-likeness (QED) is 0.326. The van der Waals surface area contributed by atoms with E-state index in [1.165, 1.54) is 5.69 Å². The summed E-state index contributed by atoms with van der Waals surface area (Å²) in [5, 5.41) is 3.76. The molecule has 2 aromatic carbocycles. The monoisotopic (exact) mass is 535 g/mol. The molecule has 204 valence electrons. The Morgan fingerprint density at radius 3 is 2.55 bits per heavy atom. The van der Waals surface area contributed by atoms with Gasteiger partial charge in [-0.25, -0.2) is 0 Å². The van der Waals surface area contributed by atoms with Crippen LogP contribution in [0.5, 0.6) is 11.5 Å². The van der Waals surface area contributed by atoms with E-state index in [4.69, 9.17) is 9.47 Å². The van der Waals surface area contributed by atoms with Crippen LogP contribution < -0.4 is 25.4 Å². The predicted octanol–water partition coefficient (Wildman–Crippen LogP) is 5.05. The van der Waals surface area contributed by atoms with E-state index in [2.05, 4.69) is 55.4 Å². The molecule has 2 aromatic heterocycles. The molecule has 3 aliphatic heterocycles. The maximum absolute atomic E-state index is 12.6. The fourth-order valence-electron chi connectivity index (χ4n) is 6.02. The van der Waals surface area contributed by atoms with Crippen molar-refractivity contribution in [3.05, 3.63) is 94.5 Å². The molecule has 0 bridgehead atoms. The van der Waals surface area contributed by atoms with E-state index in [-0.39, 0.29) is 5.56 Å². The molecule has 0 aliphatic carbocycles. The van der Waals surface area contributed by atoms with Crippen LogP contribution in [0.2, 0.25) is 0 Å². The molecule has 0 unspecified atom stereocenters. The smallest absolute Gasteiger partial charge is 0.250 e. The van der Waals surface area contributed by atoms with E-state index >= 15 is 0 Å². The molecule has 8 heteroatoms. The molecule has 40 heavy (non-hydrogen) atoms.